The molecule has 0 spiro atoms. The highest BCUT2D eigenvalue weighted by Crippen LogP contribution is 2.29. The Kier molecular flexibility index (Phi) is 6.20. The van der Waals surface area contributed by atoms with E-state index in [0.29, 0.717) is 5.92 Å². The summed E-state index contributed by atoms with van der Waals surface area (Å²) in [7, 11) is 0. The number of para-hydroxylation sites is 1. The SMILES string of the molecule is CCC(C)c1ccccc1NC(=O)C1CCN(c2cccc(Cl)c2)CC1. The Morgan fingerprint density at radius 2 is 1.92 bits per heavy atom. The first-order valence-electron chi connectivity index (χ1n) is 9.48. The number of rotatable bonds is 5. The van der Waals surface area contributed by atoms with Crippen molar-refractivity contribution in [3.05, 3.63) is 59.1 Å². The first-order valence-corrected chi connectivity index (χ1v) is 9.86. The van der Waals surface area contributed by atoms with E-state index in [1.54, 1.807) is 0 Å². The molecular formula is C22H27ClN2O. The van der Waals surface area contributed by atoms with E-state index in [4.69, 9.17) is 11.6 Å². The summed E-state index contributed by atoms with van der Waals surface area (Å²) >= 11 is 6.09. The van der Waals surface area contributed by atoms with Crippen molar-refractivity contribution in [1.29, 1.82) is 0 Å². The van der Waals surface area contributed by atoms with Crippen molar-refractivity contribution in [2.45, 2.75) is 39.0 Å². The van der Waals surface area contributed by atoms with Gasteiger partial charge >= 0.3 is 0 Å². The second kappa shape index (κ2) is 8.59. The maximum absolute atomic E-state index is 12.8. The lowest BCUT2D eigenvalue weighted by Gasteiger charge is -2.33. The largest absolute Gasteiger partial charge is 0.371 e. The number of hydrogen-bond acceptors (Lipinski definition) is 2. The summed E-state index contributed by atoms with van der Waals surface area (Å²) in [6.45, 7) is 6.14. The van der Waals surface area contributed by atoms with Gasteiger partial charge in [0.05, 0.1) is 0 Å². The van der Waals surface area contributed by atoms with Gasteiger partial charge in [0.25, 0.3) is 0 Å². The molecule has 1 unspecified atom stereocenters. The molecule has 1 amide bonds. The van der Waals surface area contributed by atoms with Crippen LogP contribution in [0.3, 0.4) is 0 Å². The molecule has 0 aliphatic carbocycles. The Morgan fingerprint density at radius 1 is 1.19 bits per heavy atom. The lowest BCUT2D eigenvalue weighted by atomic mass is 9.94. The zero-order chi connectivity index (χ0) is 18.5. The number of nitrogens with zero attached hydrogens (tertiary/aromatic N) is 1. The monoisotopic (exact) mass is 370 g/mol. The van der Waals surface area contributed by atoms with Crippen LogP contribution < -0.4 is 10.2 Å². The quantitative estimate of drug-likeness (QED) is 0.731. The lowest BCUT2D eigenvalue weighted by Crippen LogP contribution is -2.38. The maximum atomic E-state index is 12.8. The third-order valence-electron chi connectivity index (χ3n) is 5.40. The third-order valence-corrected chi connectivity index (χ3v) is 5.64. The molecule has 1 N–H and O–H groups in total. The molecule has 1 aliphatic rings. The second-order valence-electron chi connectivity index (χ2n) is 7.13. The molecule has 1 aliphatic heterocycles. The molecule has 2 aromatic rings. The fourth-order valence-corrected chi connectivity index (χ4v) is 3.75. The maximum Gasteiger partial charge on any atom is 0.227 e. The Balaban J connectivity index is 1.61. The molecule has 0 bridgehead atoms. The van der Waals surface area contributed by atoms with Crippen molar-refractivity contribution in [2.24, 2.45) is 5.92 Å². The zero-order valence-electron chi connectivity index (χ0n) is 15.5. The predicted molar refractivity (Wildman–Crippen MR) is 110 cm³/mol. The van der Waals surface area contributed by atoms with Gasteiger partial charge in [0.2, 0.25) is 5.91 Å². The van der Waals surface area contributed by atoms with E-state index in [9.17, 15) is 4.79 Å². The van der Waals surface area contributed by atoms with Crippen LogP contribution in [0.25, 0.3) is 0 Å². The van der Waals surface area contributed by atoms with E-state index in [2.05, 4.69) is 36.2 Å². The Labute approximate surface area is 161 Å². The molecule has 1 fully saturated rings. The van der Waals surface area contributed by atoms with Gasteiger partial charge in [0.1, 0.15) is 0 Å². The van der Waals surface area contributed by atoms with Gasteiger partial charge in [0, 0.05) is 35.4 Å². The van der Waals surface area contributed by atoms with E-state index in [1.165, 1.54) is 5.56 Å². The Bertz CT molecular complexity index is 753. The van der Waals surface area contributed by atoms with Gasteiger partial charge in [-0.05, 0) is 55.0 Å². The highest BCUT2D eigenvalue weighted by molar-refractivity contribution is 6.30. The number of carbonyl (C=O) groups is 1. The summed E-state index contributed by atoms with van der Waals surface area (Å²) in [4.78, 5) is 15.1. The van der Waals surface area contributed by atoms with Gasteiger partial charge in [-0.1, -0.05) is 49.7 Å². The van der Waals surface area contributed by atoms with Gasteiger partial charge in [-0.15, -0.1) is 0 Å². The normalized spacial score (nSPS) is 16.3. The fourth-order valence-electron chi connectivity index (χ4n) is 3.57. The molecule has 138 valence electrons. The molecule has 4 heteroatoms. The zero-order valence-corrected chi connectivity index (χ0v) is 16.3. The molecule has 1 atom stereocenters. The van der Waals surface area contributed by atoms with E-state index >= 15 is 0 Å². The predicted octanol–water partition coefficient (Wildman–Crippen LogP) is 5.71. The number of amides is 1. The summed E-state index contributed by atoms with van der Waals surface area (Å²) < 4.78 is 0. The topological polar surface area (TPSA) is 32.3 Å². The molecule has 26 heavy (non-hydrogen) atoms. The standard InChI is InChI=1S/C22H27ClN2O/c1-3-16(2)20-9-4-5-10-21(20)24-22(26)17-11-13-25(14-12-17)19-8-6-7-18(23)15-19/h4-10,15-17H,3,11-14H2,1-2H3,(H,24,26). The molecule has 1 heterocycles. The van der Waals surface area contributed by atoms with Crippen LogP contribution in [0.5, 0.6) is 0 Å². The molecule has 3 nitrogen and oxygen atoms in total. The number of anilines is 2. The van der Waals surface area contributed by atoms with E-state index in [1.807, 2.05) is 36.4 Å². The van der Waals surface area contributed by atoms with E-state index in [0.717, 1.165) is 48.7 Å². The molecule has 3 rings (SSSR count). The fraction of sp³-hybridized carbons (Fsp3) is 0.409. The molecule has 1 saturated heterocycles. The number of halogens is 1. The Morgan fingerprint density at radius 3 is 2.62 bits per heavy atom. The van der Waals surface area contributed by atoms with Crippen LogP contribution in [0.2, 0.25) is 5.02 Å². The smallest absolute Gasteiger partial charge is 0.227 e. The van der Waals surface area contributed by atoms with Crippen molar-refractivity contribution >= 4 is 28.9 Å². The summed E-state index contributed by atoms with van der Waals surface area (Å²) in [6.07, 6.45) is 2.79. The molecule has 0 radical (unpaired) electrons. The summed E-state index contributed by atoms with van der Waals surface area (Å²) in [5.74, 6) is 0.651. The van der Waals surface area contributed by atoms with E-state index < -0.39 is 0 Å². The average Bonchev–Trinajstić information content (AvgIpc) is 2.68. The molecule has 2 aromatic carbocycles. The van der Waals surface area contributed by atoms with Gasteiger partial charge in [-0.2, -0.15) is 0 Å². The highest BCUT2D eigenvalue weighted by Gasteiger charge is 2.26. The van der Waals surface area contributed by atoms with Gasteiger partial charge in [-0.25, -0.2) is 0 Å². The first-order chi connectivity index (χ1) is 12.6. The minimum atomic E-state index is 0.0652. The Hall–Kier alpha value is -2.00. The summed E-state index contributed by atoms with van der Waals surface area (Å²) in [5.41, 5.74) is 3.32. The van der Waals surface area contributed by atoms with Crippen LogP contribution in [-0.2, 0) is 4.79 Å². The minimum Gasteiger partial charge on any atom is -0.371 e. The summed E-state index contributed by atoms with van der Waals surface area (Å²) in [6, 6.07) is 16.1. The van der Waals surface area contributed by atoms with E-state index in [-0.39, 0.29) is 11.8 Å². The van der Waals surface area contributed by atoms with Crippen LogP contribution in [0.1, 0.15) is 44.6 Å². The van der Waals surface area contributed by atoms with Crippen LogP contribution >= 0.6 is 11.6 Å². The van der Waals surface area contributed by atoms with Crippen LogP contribution in [0, 0.1) is 5.92 Å². The second-order valence-corrected chi connectivity index (χ2v) is 7.56. The molecule has 0 saturated carbocycles. The van der Waals surface area contributed by atoms with Crippen molar-refractivity contribution in [2.75, 3.05) is 23.3 Å². The van der Waals surface area contributed by atoms with Crippen molar-refractivity contribution < 1.29 is 4.79 Å². The first kappa shape index (κ1) is 18.8. The number of benzene rings is 2. The van der Waals surface area contributed by atoms with Gasteiger partial charge < -0.3 is 10.2 Å². The van der Waals surface area contributed by atoms with Crippen molar-refractivity contribution in [3.8, 4) is 0 Å². The van der Waals surface area contributed by atoms with Crippen LogP contribution in [0.15, 0.2) is 48.5 Å². The number of hydrogen-bond donors (Lipinski definition) is 1. The number of nitrogens with one attached hydrogen (secondary N) is 1. The third kappa shape index (κ3) is 4.39. The number of carbonyl (C=O) groups excluding carboxylic acids is 1. The van der Waals surface area contributed by atoms with Crippen LogP contribution in [0.4, 0.5) is 11.4 Å². The highest BCUT2D eigenvalue weighted by atomic mass is 35.5. The molecular weight excluding hydrogens is 344 g/mol. The van der Waals surface area contributed by atoms with Crippen molar-refractivity contribution in [3.63, 3.8) is 0 Å². The number of piperidine rings is 1. The summed E-state index contributed by atoms with van der Waals surface area (Å²) in [5, 5.41) is 3.93. The van der Waals surface area contributed by atoms with Gasteiger partial charge in [-0.3, -0.25) is 4.79 Å². The minimum absolute atomic E-state index is 0.0652. The van der Waals surface area contributed by atoms with Gasteiger partial charge in [0.15, 0.2) is 0 Å². The molecule has 0 aromatic heterocycles. The van der Waals surface area contributed by atoms with Crippen LogP contribution in [-0.4, -0.2) is 19.0 Å². The van der Waals surface area contributed by atoms with Crippen molar-refractivity contribution in [1.82, 2.24) is 0 Å². The lowest BCUT2D eigenvalue weighted by molar-refractivity contribution is -0.120. The average molecular weight is 371 g/mol.